The Morgan fingerprint density at radius 3 is 2.43 bits per heavy atom. The summed E-state index contributed by atoms with van der Waals surface area (Å²) in [4.78, 5) is 29.2. The zero-order valence-corrected chi connectivity index (χ0v) is 19.2. The van der Waals surface area contributed by atoms with E-state index < -0.39 is 17.7 Å². The summed E-state index contributed by atoms with van der Waals surface area (Å²) in [5, 5.41) is 11.3. The lowest BCUT2D eigenvalue weighted by molar-refractivity contribution is -0.140. The van der Waals surface area contributed by atoms with Crippen LogP contribution in [0.3, 0.4) is 0 Å². The number of ketones is 1. The molecule has 1 aliphatic rings. The molecule has 1 N–H and O–H groups in total. The number of amides is 1. The van der Waals surface area contributed by atoms with Crippen molar-refractivity contribution < 1.29 is 19.4 Å². The first kappa shape index (κ1) is 22.3. The standard InChI is InChI=1S/C22H22BrClN2O4/c1-25(2)10-11-26-19(13-4-7-15(23)8-5-13)18(21(28)22(26)29)20(27)14-6-9-17(30-3)16(24)12-14/h4-9,12,19,27H,10-11H2,1-3H3/b20-18+/t19-/m0/s1. The molecule has 8 heteroatoms. The minimum absolute atomic E-state index is 0.0438. The van der Waals surface area contributed by atoms with Crippen LogP contribution in [-0.2, 0) is 9.59 Å². The van der Waals surface area contributed by atoms with Gasteiger partial charge in [-0.2, -0.15) is 0 Å². The number of methoxy groups -OCH3 is 1. The maximum absolute atomic E-state index is 12.9. The molecular weight excluding hydrogens is 472 g/mol. The SMILES string of the molecule is COc1ccc(/C(O)=C2\C(=O)C(=O)N(CCN(C)C)[C@H]2c2ccc(Br)cc2)cc1Cl. The van der Waals surface area contributed by atoms with Crippen LogP contribution in [0.5, 0.6) is 5.75 Å². The molecule has 30 heavy (non-hydrogen) atoms. The van der Waals surface area contributed by atoms with E-state index in [0.29, 0.717) is 29.4 Å². The average Bonchev–Trinajstić information content (AvgIpc) is 2.96. The zero-order chi connectivity index (χ0) is 22.0. The van der Waals surface area contributed by atoms with Crippen molar-refractivity contribution >= 4 is 45.0 Å². The number of halogens is 2. The van der Waals surface area contributed by atoms with E-state index in [1.165, 1.54) is 18.1 Å². The van der Waals surface area contributed by atoms with E-state index in [0.717, 1.165) is 10.0 Å². The van der Waals surface area contributed by atoms with Gasteiger partial charge in [-0.1, -0.05) is 39.7 Å². The van der Waals surface area contributed by atoms with Crippen LogP contribution >= 0.6 is 27.5 Å². The quantitative estimate of drug-likeness (QED) is 0.373. The summed E-state index contributed by atoms with van der Waals surface area (Å²) in [6, 6.07) is 11.4. The fourth-order valence-electron chi connectivity index (χ4n) is 3.38. The largest absolute Gasteiger partial charge is 0.507 e. The summed E-state index contributed by atoms with van der Waals surface area (Å²) in [6.45, 7) is 0.924. The van der Waals surface area contributed by atoms with Crippen molar-refractivity contribution in [1.82, 2.24) is 9.80 Å². The molecule has 0 radical (unpaired) electrons. The third-order valence-electron chi connectivity index (χ3n) is 4.94. The van der Waals surface area contributed by atoms with Crippen molar-refractivity contribution in [3.05, 3.63) is 68.7 Å². The van der Waals surface area contributed by atoms with Crippen LogP contribution in [0.4, 0.5) is 0 Å². The van der Waals surface area contributed by atoms with Crippen LogP contribution in [0.15, 0.2) is 52.5 Å². The van der Waals surface area contributed by atoms with Crippen LogP contribution in [0.2, 0.25) is 5.02 Å². The maximum atomic E-state index is 12.9. The molecule has 1 aliphatic heterocycles. The molecule has 1 heterocycles. The summed E-state index contributed by atoms with van der Waals surface area (Å²) >= 11 is 9.60. The van der Waals surface area contributed by atoms with Gasteiger partial charge in [-0.05, 0) is 50.0 Å². The summed E-state index contributed by atoms with van der Waals surface area (Å²) in [6.07, 6.45) is 0. The second-order valence-corrected chi connectivity index (χ2v) is 8.52. The van der Waals surface area contributed by atoms with Crippen molar-refractivity contribution in [3.8, 4) is 5.75 Å². The smallest absolute Gasteiger partial charge is 0.295 e. The highest BCUT2D eigenvalue weighted by molar-refractivity contribution is 9.10. The number of hydrogen-bond acceptors (Lipinski definition) is 5. The Morgan fingerprint density at radius 1 is 1.20 bits per heavy atom. The lowest BCUT2D eigenvalue weighted by Gasteiger charge is -2.26. The number of ether oxygens (including phenoxy) is 1. The minimum Gasteiger partial charge on any atom is -0.507 e. The van der Waals surface area contributed by atoms with E-state index >= 15 is 0 Å². The number of carbonyl (C=O) groups excluding carboxylic acids is 2. The van der Waals surface area contributed by atoms with E-state index in [1.54, 1.807) is 12.1 Å². The molecular formula is C22H22BrClN2O4. The highest BCUT2D eigenvalue weighted by atomic mass is 79.9. The Balaban J connectivity index is 2.14. The molecule has 2 aromatic rings. The van der Waals surface area contributed by atoms with Gasteiger partial charge in [0.15, 0.2) is 0 Å². The topological polar surface area (TPSA) is 70.1 Å². The number of hydrogen-bond donors (Lipinski definition) is 1. The van der Waals surface area contributed by atoms with Crippen molar-refractivity contribution in [1.29, 1.82) is 0 Å². The Bertz CT molecular complexity index is 1000. The van der Waals surface area contributed by atoms with E-state index in [2.05, 4.69) is 15.9 Å². The minimum atomic E-state index is -0.717. The van der Waals surface area contributed by atoms with Crippen LogP contribution in [0.1, 0.15) is 17.2 Å². The van der Waals surface area contributed by atoms with Gasteiger partial charge in [0, 0.05) is 23.1 Å². The number of nitrogens with zero attached hydrogens (tertiary/aromatic N) is 2. The van der Waals surface area contributed by atoms with Crippen molar-refractivity contribution in [2.75, 3.05) is 34.3 Å². The molecule has 1 saturated heterocycles. The molecule has 0 unspecified atom stereocenters. The predicted octanol–water partition coefficient (Wildman–Crippen LogP) is 4.09. The van der Waals surface area contributed by atoms with Crippen LogP contribution in [0, 0.1) is 0 Å². The molecule has 2 aromatic carbocycles. The molecule has 158 valence electrons. The van der Waals surface area contributed by atoms with Crippen LogP contribution in [0.25, 0.3) is 5.76 Å². The number of Topliss-reactive ketones (excluding diaryl/α,β-unsaturated/α-hetero) is 1. The molecule has 0 spiro atoms. The number of benzene rings is 2. The van der Waals surface area contributed by atoms with Gasteiger partial charge in [0.2, 0.25) is 0 Å². The van der Waals surface area contributed by atoms with Gasteiger partial charge in [0.1, 0.15) is 11.5 Å². The Morgan fingerprint density at radius 2 is 1.87 bits per heavy atom. The lowest BCUT2D eigenvalue weighted by Crippen LogP contribution is -2.35. The molecule has 0 saturated carbocycles. The first-order chi connectivity index (χ1) is 14.2. The van der Waals surface area contributed by atoms with Crippen molar-refractivity contribution in [2.24, 2.45) is 0 Å². The predicted molar refractivity (Wildman–Crippen MR) is 120 cm³/mol. The first-order valence-corrected chi connectivity index (χ1v) is 10.4. The fraction of sp³-hybridized carbons (Fsp3) is 0.273. The summed E-state index contributed by atoms with van der Waals surface area (Å²) < 4.78 is 6.02. The van der Waals surface area contributed by atoms with Gasteiger partial charge in [0.25, 0.3) is 11.7 Å². The second-order valence-electron chi connectivity index (χ2n) is 7.20. The third kappa shape index (κ3) is 4.38. The van der Waals surface area contributed by atoms with Gasteiger partial charge in [-0.15, -0.1) is 0 Å². The molecule has 6 nitrogen and oxygen atoms in total. The molecule has 1 atom stereocenters. The molecule has 0 aromatic heterocycles. The molecule has 3 rings (SSSR count). The second kappa shape index (κ2) is 9.20. The Hall–Kier alpha value is -2.35. The molecule has 1 fully saturated rings. The number of likely N-dealkylation sites (N-methyl/N-ethyl adjacent to an activating group) is 1. The van der Waals surface area contributed by atoms with Gasteiger partial charge in [0.05, 0.1) is 23.7 Å². The van der Waals surface area contributed by atoms with E-state index in [9.17, 15) is 14.7 Å². The summed E-state index contributed by atoms with van der Waals surface area (Å²) in [5.41, 5.74) is 1.12. The van der Waals surface area contributed by atoms with Gasteiger partial charge >= 0.3 is 0 Å². The molecule has 0 bridgehead atoms. The normalized spacial score (nSPS) is 18.3. The first-order valence-electron chi connectivity index (χ1n) is 9.27. The summed E-state index contributed by atoms with van der Waals surface area (Å²) in [5.74, 6) is -1.17. The number of rotatable bonds is 6. The van der Waals surface area contributed by atoms with Crippen LogP contribution in [-0.4, -0.2) is 60.9 Å². The monoisotopic (exact) mass is 492 g/mol. The fourth-order valence-corrected chi connectivity index (χ4v) is 3.90. The van der Waals surface area contributed by atoms with Gasteiger partial charge in [-0.3, -0.25) is 9.59 Å². The Labute approximate surface area is 188 Å². The number of aliphatic hydroxyl groups is 1. The highest BCUT2D eigenvalue weighted by Crippen LogP contribution is 2.40. The molecule has 0 aliphatic carbocycles. The highest BCUT2D eigenvalue weighted by Gasteiger charge is 2.45. The van der Waals surface area contributed by atoms with Gasteiger partial charge < -0.3 is 19.6 Å². The van der Waals surface area contributed by atoms with Gasteiger partial charge in [-0.25, -0.2) is 0 Å². The number of likely N-dealkylation sites (tertiary alicyclic amines) is 1. The third-order valence-corrected chi connectivity index (χ3v) is 5.76. The Kier molecular flexibility index (Phi) is 6.85. The van der Waals surface area contributed by atoms with Crippen molar-refractivity contribution in [3.63, 3.8) is 0 Å². The lowest BCUT2D eigenvalue weighted by atomic mass is 9.95. The van der Waals surface area contributed by atoms with Crippen LogP contribution < -0.4 is 4.74 Å². The summed E-state index contributed by atoms with van der Waals surface area (Å²) in [7, 11) is 5.28. The number of aliphatic hydroxyl groups excluding tert-OH is 1. The van der Waals surface area contributed by atoms with E-state index in [-0.39, 0.29) is 11.3 Å². The number of carbonyl (C=O) groups is 2. The van der Waals surface area contributed by atoms with E-state index in [1.807, 2.05) is 43.3 Å². The maximum Gasteiger partial charge on any atom is 0.295 e. The molecule has 1 amide bonds. The zero-order valence-electron chi connectivity index (χ0n) is 16.9. The average molecular weight is 494 g/mol. The van der Waals surface area contributed by atoms with Crippen molar-refractivity contribution in [2.45, 2.75) is 6.04 Å². The van der Waals surface area contributed by atoms with E-state index in [4.69, 9.17) is 16.3 Å².